The van der Waals surface area contributed by atoms with Crippen LogP contribution in [0.15, 0.2) is 114 Å². The Balaban J connectivity index is 0.000000287. The summed E-state index contributed by atoms with van der Waals surface area (Å²) in [5.74, 6) is 4.11. The summed E-state index contributed by atoms with van der Waals surface area (Å²) in [5.41, 5.74) is 12.1. The average molecular weight is 1040 g/mol. The number of pyridine rings is 1. The highest BCUT2D eigenvalue weighted by molar-refractivity contribution is 7.11. The molecule has 0 atom stereocenters. The van der Waals surface area contributed by atoms with Gasteiger partial charge >= 0.3 is 0 Å². The normalized spacial score (nSPS) is 12.9. The third-order valence-electron chi connectivity index (χ3n) is 11.1. The maximum atomic E-state index is 4.86. The summed E-state index contributed by atoms with van der Waals surface area (Å²) in [6, 6.07) is 31.8. The van der Waals surface area contributed by atoms with Gasteiger partial charge in [0.2, 0.25) is 11.8 Å². The van der Waals surface area contributed by atoms with E-state index in [9.17, 15) is 0 Å². The molecule has 1 fully saturated rings. The first-order valence-corrected chi connectivity index (χ1v) is 27.1. The van der Waals surface area contributed by atoms with E-state index in [2.05, 4.69) is 181 Å². The number of rotatable bonds is 0. The maximum absolute atomic E-state index is 4.86. The highest BCUT2D eigenvalue weighted by Crippen LogP contribution is 2.27. The molecule has 1 aliphatic carbocycles. The zero-order valence-corrected chi connectivity index (χ0v) is 49.8. The first-order valence-electron chi connectivity index (χ1n) is 25.5. The summed E-state index contributed by atoms with van der Waals surface area (Å²) < 4.78 is 4.86. The van der Waals surface area contributed by atoms with Gasteiger partial charge in [-0.05, 0) is 179 Å². The summed E-state index contributed by atoms with van der Waals surface area (Å²) in [5, 5.41) is 27.2. The Bertz CT molecular complexity index is 2540. The van der Waals surface area contributed by atoms with Gasteiger partial charge in [-0.3, -0.25) is 4.98 Å². The molecule has 6 heterocycles. The highest BCUT2D eigenvalue weighted by Gasteiger charge is 2.13. The first kappa shape index (κ1) is 63.7. The highest BCUT2D eigenvalue weighted by atomic mass is 32.1. The third-order valence-corrected chi connectivity index (χ3v) is 12.8. The molecule has 0 radical (unpaired) electrons. The van der Waals surface area contributed by atoms with Crippen LogP contribution in [0.1, 0.15) is 133 Å². The van der Waals surface area contributed by atoms with Crippen LogP contribution in [0.3, 0.4) is 0 Å². The van der Waals surface area contributed by atoms with E-state index < -0.39 is 0 Å². The van der Waals surface area contributed by atoms with E-state index in [0.29, 0.717) is 11.8 Å². The van der Waals surface area contributed by atoms with Gasteiger partial charge < -0.3 is 4.42 Å². The van der Waals surface area contributed by atoms with Crippen LogP contribution in [0, 0.1) is 130 Å². The van der Waals surface area contributed by atoms with E-state index in [1.165, 1.54) is 79.6 Å². The van der Waals surface area contributed by atoms with Crippen molar-refractivity contribution in [2.24, 2.45) is 11.8 Å². The van der Waals surface area contributed by atoms with Gasteiger partial charge in [0.05, 0.1) is 11.4 Å². The van der Waals surface area contributed by atoms with Crippen molar-refractivity contribution in [3.63, 3.8) is 0 Å². The van der Waals surface area contributed by atoms with Crippen molar-refractivity contribution in [1.82, 2.24) is 45.5 Å². The zero-order chi connectivity index (χ0) is 55.2. The fourth-order valence-electron chi connectivity index (χ4n) is 6.61. The lowest BCUT2D eigenvalue weighted by atomic mass is 9.84. The van der Waals surface area contributed by atoms with Crippen LogP contribution in [0.5, 0.6) is 0 Å². The lowest BCUT2D eigenvalue weighted by Crippen LogP contribution is -2.08. The molecule has 3 aromatic carbocycles. The van der Waals surface area contributed by atoms with Crippen molar-refractivity contribution in [2.45, 2.75) is 157 Å². The van der Waals surface area contributed by atoms with Gasteiger partial charge in [0.25, 0.3) is 0 Å². The number of aryl methyl sites for hydroxylation is 17. The van der Waals surface area contributed by atoms with Gasteiger partial charge in [-0.15, -0.1) is 43.1 Å². The van der Waals surface area contributed by atoms with Gasteiger partial charge in [0.15, 0.2) is 0 Å². The van der Waals surface area contributed by atoms with Gasteiger partial charge in [0, 0.05) is 47.9 Å². The fourth-order valence-corrected chi connectivity index (χ4v) is 7.99. The van der Waals surface area contributed by atoms with E-state index in [1.54, 1.807) is 25.2 Å². The summed E-state index contributed by atoms with van der Waals surface area (Å²) in [6.45, 7) is 38.8. The Morgan fingerprint density at radius 1 is 0.365 bits per heavy atom. The van der Waals surface area contributed by atoms with Crippen LogP contribution in [0.4, 0.5) is 0 Å². The van der Waals surface area contributed by atoms with Crippen LogP contribution in [0.25, 0.3) is 10.8 Å². The van der Waals surface area contributed by atoms with Crippen LogP contribution in [-0.4, -0.2) is 45.5 Å². The molecule has 0 bridgehead atoms. The van der Waals surface area contributed by atoms with E-state index >= 15 is 0 Å². The summed E-state index contributed by atoms with van der Waals surface area (Å²) in [7, 11) is 0. The zero-order valence-electron chi connectivity index (χ0n) is 48.1. The molecule has 74 heavy (non-hydrogen) atoms. The van der Waals surface area contributed by atoms with Gasteiger partial charge in [-0.25, -0.2) is 9.97 Å². The van der Waals surface area contributed by atoms with Crippen molar-refractivity contribution in [3.8, 4) is 0 Å². The molecule has 9 aromatic rings. The van der Waals surface area contributed by atoms with Crippen molar-refractivity contribution in [1.29, 1.82) is 0 Å². The number of fused-ring (bicyclic) bond motifs is 1. The lowest BCUT2D eigenvalue weighted by molar-refractivity contribution is 0.308. The van der Waals surface area contributed by atoms with Crippen LogP contribution < -0.4 is 0 Å². The van der Waals surface area contributed by atoms with E-state index in [0.717, 1.165) is 50.3 Å². The smallest absolute Gasteiger partial charge is 0.213 e. The Kier molecular flexibility index (Phi) is 30.1. The molecule has 0 unspecified atom stereocenters. The molecular weight excluding hydrogens is 951 g/mol. The van der Waals surface area contributed by atoms with Crippen LogP contribution in [0.2, 0.25) is 0 Å². The molecule has 10 nitrogen and oxygen atoms in total. The van der Waals surface area contributed by atoms with Gasteiger partial charge in [0.1, 0.15) is 15.8 Å². The number of hydrogen-bond acceptors (Lipinski definition) is 12. The quantitative estimate of drug-likeness (QED) is 0.145. The molecular formula is C62H85N9OS2. The van der Waals surface area contributed by atoms with Crippen LogP contribution in [-0.2, 0) is 0 Å². The second-order valence-corrected chi connectivity index (χ2v) is 22.1. The number of aromatic nitrogens is 9. The standard InChI is InChI=1S/C12H12.C9H12.C8H16.C7H9N.2C6H8N2.C6H8S.C4H6N2O.C4H6N2S/c1-9-3-5-12-8-10(2)4-6-11(12)7-9;1-7-4-5-8(2)9(3)6-7;1-7-3-5-8(2)6-4-7;1-6-3-4-7(2)8-5-6;1-5-3-7-6(2)8-4-5;1-5-3-4-6(2)8-7-5;1-5-3-4-6(2)7-5;2*1-3-5-6-4(2)7-3/h3-8H,1-2H3;4-6H,1-3H3;7-8H,3-6H2,1-2H3;3-5H,1-2H3;2*3-4H,1-2H3;3-4H,1-2H3;2*1-2H3. The molecule has 396 valence electrons. The predicted octanol–water partition coefficient (Wildman–Crippen LogP) is 17.0. The minimum Gasteiger partial charge on any atom is -0.426 e. The molecule has 0 saturated heterocycles. The molecule has 0 spiro atoms. The average Bonchev–Trinajstić information content (AvgIpc) is 4.08. The minimum atomic E-state index is 0.623. The number of nitrogens with zero attached hydrogens (tertiary/aromatic N) is 9. The van der Waals surface area contributed by atoms with E-state index in [1.807, 2.05) is 104 Å². The monoisotopic (exact) mass is 1040 g/mol. The number of benzene rings is 3. The third kappa shape index (κ3) is 30.0. The molecule has 0 N–H and O–H groups in total. The Hall–Kier alpha value is -6.37. The SMILES string of the molecule is CC1CCC(C)CC1.Cc1ccc(C)c(C)c1.Cc1ccc(C)nc1.Cc1ccc(C)nn1.Cc1ccc(C)s1.Cc1ccc2cc(C)ccc2c1.Cc1cnc(C)nc1.Cc1nnc(C)o1.Cc1nnc(C)s1. The Labute approximate surface area is 453 Å². The predicted molar refractivity (Wildman–Crippen MR) is 315 cm³/mol. The summed E-state index contributed by atoms with van der Waals surface area (Å²) >= 11 is 3.46. The molecule has 6 aromatic heterocycles. The van der Waals surface area contributed by atoms with Crippen molar-refractivity contribution in [2.75, 3.05) is 0 Å². The van der Waals surface area contributed by atoms with Crippen molar-refractivity contribution in [3.05, 3.63) is 203 Å². The van der Waals surface area contributed by atoms with Crippen molar-refractivity contribution < 1.29 is 4.42 Å². The van der Waals surface area contributed by atoms with E-state index in [4.69, 9.17) is 4.42 Å². The largest absolute Gasteiger partial charge is 0.426 e. The molecule has 0 amide bonds. The molecule has 0 aliphatic heterocycles. The maximum Gasteiger partial charge on any atom is 0.213 e. The first-order chi connectivity index (χ1) is 35.0. The topological polar surface area (TPSA) is 129 Å². The molecule has 10 rings (SSSR count). The second-order valence-electron chi connectivity index (χ2n) is 19.2. The van der Waals surface area contributed by atoms with Gasteiger partial charge in [-0.1, -0.05) is 117 Å². The molecule has 1 aliphatic rings. The second kappa shape index (κ2) is 34.9. The van der Waals surface area contributed by atoms with Crippen molar-refractivity contribution >= 4 is 33.4 Å². The summed E-state index contributed by atoms with van der Waals surface area (Å²) in [6.07, 6.45) is 11.4. The minimum absolute atomic E-state index is 0.623. The van der Waals surface area contributed by atoms with Crippen LogP contribution >= 0.6 is 22.7 Å². The number of thiophene rings is 1. The lowest BCUT2D eigenvalue weighted by Gasteiger charge is -2.22. The Morgan fingerprint density at radius 2 is 0.770 bits per heavy atom. The molecule has 1 saturated carbocycles. The van der Waals surface area contributed by atoms with Gasteiger partial charge in [-0.2, -0.15) is 10.2 Å². The van der Waals surface area contributed by atoms with E-state index in [-0.39, 0.29) is 0 Å². The fraction of sp³-hybridized carbons (Fsp3) is 0.403. The number of hydrogen-bond donors (Lipinski definition) is 0. The Morgan fingerprint density at radius 3 is 1.07 bits per heavy atom. The molecule has 12 heteroatoms. The summed E-state index contributed by atoms with van der Waals surface area (Å²) in [4.78, 5) is 14.8.